The summed E-state index contributed by atoms with van der Waals surface area (Å²) in [5.41, 5.74) is 4.08. The van der Waals surface area contributed by atoms with E-state index in [4.69, 9.17) is 4.74 Å². The van der Waals surface area contributed by atoms with Crippen molar-refractivity contribution >= 4 is 114 Å². The molecule has 25 nitrogen and oxygen atoms in total. The van der Waals surface area contributed by atoms with Crippen LogP contribution < -0.4 is 20.6 Å². The number of hydrazine groups is 1. The number of benzene rings is 6. The van der Waals surface area contributed by atoms with Gasteiger partial charge < -0.3 is 14.9 Å². The maximum atomic E-state index is 13.2. The molecule has 1 heterocycles. The van der Waals surface area contributed by atoms with E-state index >= 15 is 0 Å². The highest BCUT2D eigenvalue weighted by Gasteiger charge is 2.41. The summed E-state index contributed by atoms with van der Waals surface area (Å²) in [6.45, 7) is 1.55. The molecular weight excluding hydrogens is 969 g/mol. The van der Waals surface area contributed by atoms with Crippen molar-refractivity contribution in [2.24, 2.45) is 25.6 Å². The summed E-state index contributed by atoms with van der Waals surface area (Å²) >= 11 is 0. The Hall–Kier alpha value is -7.51. The fourth-order valence-electron chi connectivity index (χ4n) is 6.61. The maximum Gasteiger partial charge on any atom is 0.355 e. The summed E-state index contributed by atoms with van der Waals surface area (Å²) in [4.78, 5) is 22.5. The smallest absolute Gasteiger partial charge is 0.355 e. The minimum Gasteiger partial charge on any atom is -0.505 e. The molecular formula is C38H30N8O17S4. The van der Waals surface area contributed by atoms with E-state index in [0.29, 0.717) is 10.6 Å². The average Bonchev–Trinajstić information content (AvgIpc) is 3.58. The second-order valence-corrected chi connectivity index (χ2v) is 19.6. The summed E-state index contributed by atoms with van der Waals surface area (Å²) in [6, 6.07) is 15.2. The van der Waals surface area contributed by atoms with Crippen molar-refractivity contribution in [1.82, 2.24) is 0 Å². The molecule has 0 aliphatic carbocycles. The number of anilines is 3. The van der Waals surface area contributed by atoms with Gasteiger partial charge in [-0.3, -0.25) is 33.9 Å². The third-order valence-electron chi connectivity index (χ3n) is 9.71. The number of carbonyl (C=O) groups is 2. The largest absolute Gasteiger partial charge is 0.505 e. The number of carboxylic acids is 1. The van der Waals surface area contributed by atoms with Crippen LogP contribution in [0.5, 0.6) is 11.5 Å². The average molecular weight is 999 g/mol. The molecule has 0 fully saturated rings. The van der Waals surface area contributed by atoms with Crippen LogP contribution in [0.4, 0.5) is 34.1 Å². The topological polar surface area (TPSA) is 390 Å². The van der Waals surface area contributed by atoms with Crippen LogP contribution in [-0.2, 0) is 50.1 Å². The third kappa shape index (κ3) is 9.73. The van der Waals surface area contributed by atoms with Crippen molar-refractivity contribution in [2.75, 3.05) is 23.0 Å². The molecule has 0 bridgehead atoms. The number of aryl methyl sites for hydroxylation is 1. The van der Waals surface area contributed by atoms with Crippen LogP contribution in [0.15, 0.2) is 136 Å². The molecule has 29 heteroatoms. The SMILES string of the molecule is COc1cc(/N=N/c2cc(S(=O)(=O)O)c3cccc(S(=O)(=O)O)c3c2)c(C)cc1NNc1c(S(=O)(=O)O)cc2cc(/N=N/C3C(=O)N(c4ccc(S(=O)(=O)O)cc4)N=C3C(=O)O)ccc2c1O. The summed E-state index contributed by atoms with van der Waals surface area (Å²) in [7, 11) is -18.2. The molecule has 1 unspecified atom stereocenters. The summed E-state index contributed by atoms with van der Waals surface area (Å²) in [5, 5.41) is 40.8. The monoisotopic (exact) mass is 998 g/mol. The standard InChI is InChI=1S/C38H30N8O17S4/c1-18-12-28(29(63-2)17-27(18)41-40-21-15-26-25(31(16-21)66(57,58)59)4-3-5-30(26)65(54,55)56)42-43-33-32(67(60,61)62)14-19-13-20(6-11-24(19)36(33)47)39-44-34-35(38(49)50)45-46(37(34)48)22-7-9-23(10-8-22)64(51,52)53/h3-17,34,42-43,47H,1-2H3,(H,49,50)(H,51,52,53)(H,54,55,56)(H,57,58,59)(H,60,61,62)/b41-40+,44-39+. The van der Waals surface area contributed by atoms with Gasteiger partial charge in [-0.2, -0.15) is 64.2 Å². The van der Waals surface area contributed by atoms with Crippen molar-refractivity contribution in [3.05, 3.63) is 96.6 Å². The quantitative estimate of drug-likeness (QED) is 0.0277. The van der Waals surface area contributed by atoms with E-state index in [1.54, 1.807) is 6.92 Å². The molecule has 0 saturated heterocycles. The number of rotatable bonds is 14. The lowest BCUT2D eigenvalue weighted by Crippen LogP contribution is -2.33. The highest BCUT2D eigenvalue weighted by Crippen LogP contribution is 2.42. The van der Waals surface area contributed by atoms with Crippen molar-refractivity contribution in [1.29, 1.82) is 0 Å². The molecule has 67 heavy (non-hydrogen) atoms. The van der Waals surface area contributed by atoms with Crippen LogP contribution in [0, 0.1) is 6.92 Å². The van der Waals surface area contributed by atoms with E-state index in [2.05, 4.69) is 36.4 Å². The van der Waals surface area contributed by atoms with Gasteiger partial charge in [0.05, 0.1) is 40.4 Å². The second kappa shape index (κ2) is 17.4. The number of hydrogen-bond donors (Lipinski definition) is 8. The number of aliphatic carboxylic acids is 1. The van der Waals surface area contributed by atoms with Gasteiger partial charge in [0.1, 0.15) is 31.9 Å². The second-order valence-electron chi connectivity index (χ2n) is 14.0. The number of azo groups is 2. The van der Waals surface area contributed by atoms with Gasteiger partial charge in [-0.1, -0.05) is 12.1 Å². The van der Waals surface area contributed by atoms with Crippen LogP contribution in [0.25, 0.3) is 21.5 Å². The number of carboxylic acid groups (broad SMARTS) is 1. The Morgan fingerprint density at radius 1 is 0.701 bits per heavy atom. The number of carbonyl (C=O) groups excluding carboxylic acids is 1. The fourth-order valence-corrected chi connectivity index (χ4v) is 9.20. The van der Waals surface area contributed by atoms with Crippen molar-refractivity contribution < 1.29 is 76.4 Å². The van der Waals surface area contributed by atoms with Gasteiger partial charge in [0.25, 0.3) is 46.4 Å². The highest BCUT2D eigenvalue weighted by molar-refractivity contribution is 7.87. The van der Waals surface area contributed by atoms with E-state index in [9.17, 15) is 71.7 Å². The number of fused-ring (bicyclic) bond motifs is 2. The van der Waals surface area contributed by atoms with Gasteiger partial charge in [0, 0.05) is 22.2 Å². The predicted molar refractivity (Wildman–Crippen MR) is 235 cm³/mol. The lowest BCUT2D eigenvalue weighted by atomic mass is 10.1. The fraction of sp³-hybridized carbons (Fsp3) is 0.0789. The normalized spacial score (nSPS) is 14.9. The number of phenolic OH excluding ortho intramolecular Hbond substituents is 1. The Balaban J connectivity index is 1.16. The van der Waals surface area contributed by atoms with E-state index in [1.165, 1.54) is 43.5 Å². The highest BCUT2D eigenvalue weighted by atomic mass is 32.2. The van der Waals surface area contributed by atoms with Crippen LogP contribution in [0.1, 0.15) is 5.56 Å². The minimum absolute atomic E-state index is 0.00615. The number of methoxy groups -OCH3 is 1. The molecule has 1 aliphatic rings. The van der Waals surface area contributed by atoms with Gasteiger partial charge in [0.15, 0.2) is 5.71 Å². The number of phenols is 1. The molecule has 1 amide bonds. The van der Waals surface area contributed by atoms with Crippen LogP contribution >= 0.6 is 0 Å². The first kappa shape index (κ1) is 47.5. The Labute approximate surface area is 377 Å². The summed E-state index contributed by atoms with van der Waals surface area (Å²) in [6.07, 6.45) is 0. The zero-order valence-electron chi connectivity index (χ0n) is 33.7. The maximum absolute atomic E-state index is 13.2. The minimum atomic E-state index is -5.11. The lowest BCUT2D eigenvalue weighted by molar-refractivity contribution is -0.130. The molecule has 8 N–H and O–H groups in total. The lowest BCUT2D eigenvalue weighted by Gasteiger charge is -2.18. The first-order valence-electron chi connectivity index (χ1n) is 18.3. The van der Waals surface area contributed by atoms with Crippen molar-refractivity contribution in [3.8, 4) is 11.5 Å². The van der Waals surface area contributed by atoms with Crippen LogP contribution in [0.3, 0.4) is 0 Å². The molecule has 7 rings (SSSR count). The third-order valence-corrected chi connectivity index (χ3v) is 13.3. The molecule has 1 aliphatic heterocycles. The van der Waals surface area contributed by atoms with Gasteiger partial charge >= 0.3 is 5.97 Å². The molecule has 0 aromatic heterocycles. The zero-order chi connectivity index (χ0) is 49.0. The molecule has 6 aromatic carbocycles. The molecule has 0 radical (unpaired) electrons. The van der Waals surface area contributed by atoms with Gasteiger partial charge in [-0.05, 0) is 90.7 Å². The van der Waals surface area contributed by atoms with Crippen LogP contribution in [-0.4, -0.2) is 92.8 Å². The molecule has 6 aromatic rings. The molecule has 0 spiro atoms. The van der Waals surface area contributed by atoms with E-state index in [-0.39, 0.29) is 55.7 Å². The Morgan fingerprint density at radius 3 is 1.99 bits per heavy atom. The van der Waals surface area contributed by atoms with Gasteiger partial charge in [-0.25, -0.2) is 4.79 Å². The number of amides is 1. The number of hydrogen-bond acceptors (Lipinski definition) is 19. The Bertz CT molecular complexity index is 3660. The number of ether oxygens (including phenoxy) is 1. The van der Waals surface area contributed by atoms with Gasteiger partial charge in [-0.15, -0.1) is 0 Å². The number of aromatic hydroxyl groups is 1. The number of hydrazone groups is 1. The van der Waals surface area contributed by atoms with Crippen molar-refractivity contribution in [3.63, 3.8) is 0 Å². The number of nitrogens with zero attached hydrogens (tertiary/aromatic N) is 6. The van der Waals surface area contributed by atoms with E-state index in [0.717, 1.165) is 54.6 Å². The van der Waals surface area contributed by atoms with Crippen LogP contribution in [0.2, 0.25) is 0 Å². The van der Waals surface area contributed by atoms with E-state index in [1.807, 2.05) is 0 Å². The molecule has 0 saturated carbocycles. The first-order valence-corrected chi connectivity index (χ1v) is 24.1. The van der Waals surface area contributed by atoms with Gasteiger partial charge in [0.2, 0.25) is 6.04 Å². The van der Waals surface area contributed by atoms with Crippen molar-refractivity contribution in [2.45, 2.75) is 32.5 Å². The molecule has 1 atom stereocenters. The molecule has 348 valence electrons. The number of nitrogens with one attached hydrogen (secondary N) is 2. The Morgan fingerprint density at radius 2 is 1.37 bits per heavy atom. The Kier molecular flexibility index (Phi) is 12.3. The summed E-state index contributed by atoms with van der Waals surface area (Å²) in [5.74, 6) is -3.33. The van der Waals surface area contributed by atoms with E-state index < -0.39 is 95.1 Å². The predicted octanol–water partition coefficient (Wildman–Crippen LogP) is 5.80. The first-order chi connectivity index (χ1) is 31.3. The zero-order valence-corrected chi connectivity index (χ0v) is 37.0. The summed E-state index contributed by atoms with van der Waals surface area (Å²) < 4.78 is 141.